The van der Waals surface area contributed by atoms with Gasteiger partial charge in [-0.15, -0.1) is 24.0 Å². The van der Waals surface area contributed by atoms with E-state index in [2.05, 4.69) is 45.4 Å². The van der Waals surface area contributed by atoms with E-state index < -0.39 is 0 Å². The highest BCUT2D eigenvalue weighted by atomic mass is 127. The summed E-state index contributed by atoms with van der Waals surface area (Å²) in [5.74, 6) is 2.62. The lowest BCUT2D eigenvalue weighted by molar-refractivity contribution is 0.0529. The summed E-state index contributed by atoms with van der Waals surface area (Å²) in [6.07, 6.45) is 2.09. The van der Waals surface area contributed by atoms with Crippen molar-refractivity contribution < 1.29 is 9.47 Å². The lowest BCUT2D eigenvalue weighted by atomic mass is 10.2. The van der Waals surface area contributed by atoms with Crippen molar-refractivity contribution >= 4 is 35.8 Å². The zero-order valence-corrected chi connectivity index (χ0v) is 20.3. The first-order valence-corrected chi connectivity index (χ1v) is 10.1. The van der Waals surface area contributed by atoms with Crippen molar-refractivity contribution in [3.63, 3.8) is 0 Å². The maximum atomic E-state index is 5.74. The Morgan fingerprint density at radius 3 is 2.80 bits per heavy atom. The van der Waals surface area contributed by atoms with Crippen LogP contribution in [0, 0.1) is 6.92 Å². The fourth-order valence-corrected chi connectivity index (χ4v) is 3.15. The van der Waals surface area contributed by atoms with Crippen LogP contribution in [-0.2, 0) is 11.3 Å². The van der Waals surface area contributed by atoms with Gasteiger partial charge in [0.15, 0.2) is 5.96 Å². The van der Waals surface area contributed by atoms with Gasteiger partial charge in [0, 0.05) is 32.9 Å². The van der Waals surface area contributed by atoms with Crippen molar-refractivity contribution in [3.05, 3.63) is 53.7 Å². The molecule has 30 heavy (non-hydrogen) atoms. The summed E-state index contributed by atoms with van der Waals surface area (Å²) in [6.45, 7) is 8.55. The number of nitrogens with one attached hydrogen (secondary N) is 2. The predicted molar refractivity (Wildman–Crippen MR) is 132 cm³/mol. The van der Waals surface area contributed by atoms with Crippen molar-refractivity contribution in [1.29, 1.82) is 0 Å². The number of anilines is 1. The molecule has 0 spiro atoms. The largest absolute Gasteiger partial charge is 0.492 e. The summed E-state index contributed by atoms with van der Waals surface area (Å²) in [4.78, 5) is 11.1. The molecular formula is C22H32IN5O2. The average Bonchev–Trinajstić information content (AvgIpc) is 2.75. The van der Waals surface area contributed by atoms with E-state index in [9.17, 15) is 0 Å². The summed E-state index contributed by atoms with van der Waals surface area (Å²) in [5.41, 5.74) is 2.38. The Morgan fingerprint density at radius 1 is 1.27 bits per heavy atom. The van der Waals surface area contributed by atoms with Gasteiger partial charge in [-0.3, -0.25) is 4.99 Å². The van der Waals surface area contributed by atoms with Crippen LogP contribution in [-0.4, -0.2) is 56.9 Å². The van der Waals surface area contributed by atoms with Gasteiger partial charge in [-0.25, -0.2) is 4.98 Å². The number of halogens is 1. The topological polar surface area (TPSA) is 71.0 Å². The van der Waals surface area contributed by atoms with E-state index in [-0.39, 0.29) is 30.1 Å². The van der Waals surface area contributed by atoms with Crippen molar-refractivity contribution in [3.8, 4) is 5.75 Å². The third-order valence-corrected chi connectivity index (χ3v) is 4.74. The lowest BCUT2D eigenvalue weighted by Crippen LogP contribution is -2.41. The number of hydrogen-bond donors (Lipinski definition) is 2. The van der Waals surface area contributed by atoms with Gasteiger partial charge in [0.1, 0.15) is 18.2 Å². The number of aliphatic imine (C=N–C) groups is 1. The normalized spacial score (nSPS) is 16.6. The van der Waals surface area contributed by atoms with E-state index in [1.54, 1.807) is 7.05 Å². The van der Waals surface area contributed by atoms with Gasteiger partial charge in [-0.05, 0) is 43.7 Å². The summed E-state index contributed by atoms with van der Waals surface area (Å²) in [7, 11) is 1.77. The lowest BCUT2D eigenvalue weighted by Gasteiger charge is -2.32. The second kappa shape index (κ2) is 12.6. The van der Waals surface area contributed by atoms with Crippen LogP contribution in [0.5, 0.6) is 5.75 Å². The fourth-order valence-electron chi connectivity index (χ4n) is 3.15. The quantitative estimate of drug-likeness (QED) is 0.251. The molecule has 1 aromatic heterocycles. The molecule has 0 amide bonds. The average molecular weight is 525 g/mol. The van der Waals surface area contributed by atoms with Gasteiger partial charge < -0.3 is 25.0 Å². The molecule has 1 saturated heterocycles. The minimum atomic E-state index is 0. The molecule has 1 unspecified atom stereocenters. The summed E-state index contributed by atoms with van der Waals surface area (Å²) < 4.78 is 11.4. The second-order valence-electron chi connectivity index (χ2n) is 7.16. The zero-order chi connectivity index (χ0) is 20.5. The first-order chi connectivity index (χ1) is 14.1. The van der Waals surface area contributed by atoms with E-state index in [1.165, 1.54) is 5.56 Å². The number of aryl methyl sites for hydroxylation is 1. The van der Waals surface area contributed by atoms with E-state index >= 15 is 0 Å². The maximum Gasteiger partial charge on any atom is 0.191 e. The molecule has 1 aromatic carbocycles. The molecule has 0 radical (unpaired) electrons. The van der Waals surface area contributed by atoms with Crippen LogP contribution in [0.3, 0.4) is 0 Å². The molecule has 2 heterocycles. The van der Waals surface area contributed by atoms with Crippen LogP contribution in [0.2, 0.25) is 0 Å². The Bertz CT molecular complexity index is 800. The third kappa shape index (κ3) is 7.64. The Kier molecular flexibility index (Phi) is 10.2. The SMILES string of the molecule is CN=C(NCCOc1ccc(C)cc1)NCc1ccnc(N2CCOC(C)C2)c1.I. The van der Waals surface area contributed by atoms with Crippen LogP contribution in [0.4, 0.5) is 5.82 Å². The molecule has 1 fully saturated rings. The molecule has 2 aromatic rings. The van der Waals surface area contributed by atoms with Crippen LogP contribution < -0.4 is 20.3 Å². The Labute approximate surface area is 196 Å². The van der Waals surface area contributed by atoms with Crippen LogP contribution >= 0.6 is 24.0 Å². The van der Waals surface area contributed by atoms with Gasteiger partial charge in [-0.1, -0.05) is 17.7 Å². The molecule has 3 rings (SSSR count). The van der Waals surface area contributed by atoms with Gasteiger partial charge in [0.05, 0.1) is 19.3 Å². The summed E-state index contributed by atoms with van der Waals surface area (Å²) >= 11 is 0. The number of aromatic nitrogens is 1. The molecule has 1 atom stereocenters. The van der Waals surface area contributed by atoms with Crippen LogP contribution in [0.1, 0.15) is 18.1 Å². The molecule has 8 heteroatoms. The standard InChI is InChI=1S/C22H31N5O2.HI/c1-17-4-6-20(7-5-17)29-12-10-25-22(23-3)26-15-19-8-9-24-21(14-19)27-11-13-28-18(2)16-27;/h4-9,14,18H,10-13,15-16H2,1-3H3,(H2,23,25,26);1H. The van der Waals surface area contributed by atoms with E-state index in [0.717, 1.165) is 42.8 Å². The summed E-state index contributed by atoms with van der Waals surface area (Å²) in [6, 6.07) is 12.2. The number of benzene rings is 1. The van der Waals surface area contributed by atoms with Crippen molar-refractivity contribution in [2.75, 3.05) is 44.8 Å². The highest BCUT2D eigenvalue weighted by Gasteiger charge is 2.18. The van der Waals surface area contributed by atoms with E-state index in [4.69, 9.17) is 9.47 Å². The Balaban J connectivity index is 0.00000320. The number of ether oxygens (including phenoxy) is 2. The van der Waals surface area contributed by atoms with Gasteiger partial charge in [0.25, 0.3) is 0 Å². The molecule has 1 aliphatic heterocycles. The predicted octanol–water partition coefficient (Wildman–Crippen LogP) is 2.98. The van der Waals surface area contributed by atoms with Gasteiger partial charge >= 0.3 is 0 Å². The Morgan fingerprint density at radius 2 is 2.07 bits per heavy atom. The summed E-state index contributed by atoms with van der Waals surface area (Å²) in [5, 5.41) is 6.62. The maximum absolute atomic E-state index is 5.74. The number of rotatable bonds is 7. The van der Waals surface area contributed by atoms with E-state index in [1.807, 2.05) is 36.5 Å². The molecule has 2 N–H and O–H groups in total. The van der Waals surface area contributed by atoms with Crippen molar-refractivity contribution in [2.24, 2.45) is 4.99 Å². The Hall–Kier alpha value is -2.07. The number of morpholine rings is 1. The highest BCUT2D eigenvalue weighted by molar-refractivity contribution is 14.0. The van der Waals surface area contributed by atoms with Gasteiger partial charge in [0.2, 0.25) is 0 Å². The third-order valence-electron chi connectivity index (χ3n) is 4.74. The van der Waals surface area contributed by atoms with Gasteiger partial charge in [-0.2, -0.15) is 0 Å². The smallest absolute Gasteiger partial charge is 0.191 e. The fraction of sp³-hybridized carbons (Fsp3) is 0.455. The number of pyridine rings is 1. The van der Waals surface area contributed by atoms with E-state index in [0.29, 0.717) is 19.7 Å². The first kappa shape index (κ1) is 24.2. The molecule has 0 aliphatic carbocycles. The molecular weight excluding hydrogens is 493 g/mol. The molecule has 1 aliphatic rings. The van der Waals surface area contributed by atoms with Crippen molar-refractivity contribution in [2.45, 2.75) is 26.5 Å². The highest BCUT2D eigenvalue weighted by Crippen LogP contribution is 2.16. The first-order valence-electron chi connectivity index (χ1n) is 10.1. The number of nitrogens with zero attached hydrogens (tertiary/aromatic N) is 3. The van der Waals surface area contributed by atoms with Crippen molar-refractivity contribution in [1.82, 2.24) is 15.6 Å². The second-order valence-corrected chi connectivity index (χ2v) is 7.16. The molecule has 7 nitrogen and oxygen atoms in total. The molecule has 0 bridgehead atoms. The zero-order valence-electron chi connectivity index (χ0n) is 17.9. The molecule has 164 valence electrons. The number of guanidine groups is 1. The minimum Gasteiger partial charge on any atom is -0.492 e. The number of hydrogen-bond acceptors (Lipinski definition) is 5. The monoisotopic (exact) mass is 525 g/mol. The minimum absolute atomic E-state index is 0. The van der Waals surface area contributed by atoms with Crippen LogP contribution in [0.15, 0.2) is 47.6 Å². The van der Waals surface area contributed by atoms with Crippen LogP contribution in [0.25, 0.3) is 0 Å². The molecule has 0 saturated carbocycles.